The summed E-state index contributed by atoms with van der Waals surface area (Å²) < 4.78 is 28.9. The van der Waals surface area contributed by atoms with E-state index in [9.17, 15) is 18.0 Å². The van der Waals surface area contributed by atoms with E-state index in [-0.39, 0.29) is 17.3 Å². The highest BCUT2D eigenvalue weighted by Crippen LogP contribution is 2.27. The van der Waals surface area contributed by atoms with Crippen molar-refractivity contribution < 1.29 is 18.0 Å². The SMILES string of the molecule is CCCCNC(=O)[C@@H](C)N(Cc1ccccc1Cl)C(=O)CN(c1ccc(C)cc1)S(=O)(=O)c1ccc(SC)cc1. The Kier molecular flexibility index (Phi) is 11.5. The highest BCUT2D eigenvalue weighted by molar-refractivity contribution is 7.98. The molecule has 0 aliphatic rings. The summed E-state index contributed by atoms with van der Waals surface area (Å²) in [5.74, 6) is -0.839. The van der Waals surface area contributed by atoms with Crippen molar-refractivity contribution >= 4 is 50.9 Å². The molecule has 3 aromatic carbocycles. The minimum atomic E-state index is -4.12. The van der Waals surface area contributed by atoms with Crippen LogP contribution < -0.4 is 9.62 Å². The second-order valence-corrected chi connectivity index (χ2v) is 12.6. The summed E-state index contributed by atoms with van der Waals surface area (Å²) in [6.45, 7) is 5.61. The molecule has 1 atom stereocenters. The van der Waals surface area contributed by atoms with Crippen molar-refractivity contribution in [2.75, 3.05) is 23.7 Å². The molecule has 0 unspecified atom stereocenters. The number of nitrogens with zero attached hydrogens (tertiary/aromatic N) is 2. The Labute approximate surface area is 247 Å². The summed E-state index contributed by atoms with van der Waals surface area (Å²) in [5, 5.41) is 3.33. The first-order valence-corrected chi connectivity index (χ1v) is 16.2. The Bertz CT molecular complexity index is 1400. The van der Waals surface area contributed by atoms with Crippen molar-refractivity contribution in [3.05, 3.63) is 88.9 Å². The smallest absolute Gasteiger partial charge is 0.264 e. The topological polar surface area (TPSA) is 86.8 Å². The molecular weight excluding hydrogens is 566 g/mol. The molecule has 2 amide bonds. The number of anilines is 1. The number of amides is 2. The van der Waals surface area contributed by atoms with Crippen LogP contribution in [0.3, 0.4) is 0 Å². The van der Waals surface area contributed by atoms with Gasteiger partial charge in [-0.15, -0.1) is 11.8 Å². The van der Waals surface area contributed by atoms with Gasteiger partial charge in [0.25, 0.3) is 10.0 Å². The molecule has 0 bridgehead atoms. The Morgan fingerprint density at radius 3 is 2.25 bits per heavy atom. The van der Waals surface area contributed by atoms with Crippen LogP contribution in [0.2, 0.25) is 5.02 Å². The average molecular weight is 602 g/mol. The molecule has 214 valence electrons. The number of rotatable bonds is 13. The second kappa shape index (κ2) is 14.6. The summed E-state index contributed by atoms with van der Waals surface area (Å²) in [5.41, 5.74) is 1.96. The van der Waals surface area contributed by atoms with Gasteiger partial charge in [0.05, 0.1) is 10.6 Å². The standard InChI is InChI=1S/C30H36ClN3O4S2/c1-5-6-19-32-30(36)23(3)33(20-24-9-7-8-10-28(24)31)29(35)21-34(25-13-11-22(2)12-14-25)40(37,38)27-17-15-26(39-4)16-18-27/h7-18,23H,5-6,19-21H2,1-4H3,(H,32,36)/t23-/m1/s1. The van der Waals surface area contributed by atoms with E-state index in [1.807, 2.05) is 20.1 Å². The molecule has 1 N–H and O–H groups in total. The van der Waals surface area contributed by atoms with E-state index in [2.05, 4.69) is 5.32 Å². The van der Waals surface area contributed by atoms with Gasteiger partial charge >= 0.3 is 0 Å². The predicted molar refractivity (Wildman–Crippen MR) is 163 cm³/mol. The molecule has 40 heavy (non-hydrogen) atoms. The number of hydrogen-bond donors (Lipinski definition) is 1. The lowest BCUT2D eigenvalue weighted by Gasteiger charge is -2.32. The van der Waals surface area contributed by atoms with E-state index in [1.165, 1.54) is 28.8 Å². The Morgan fingerprint density at radius 2 is 1.65 bits per heavy atom. The Morgan fingerprint density at radius 1 is 1.00 bits per heavy atom. The van der Waals surface area contributed by atoms with E-state index in [4.69, 9.17) is 11.6 Å². The fourth-order valence-electron chi connectivity index (χ4n) is 4.04. The van der Waals surface area contributed by atoms with Gasteiger partial charge in [0.1, 0.15) is 12.6 Å². The van der Waals surface area contributed by atoms with Gasteiger partial charge in [0, 0.05) is 23.0 Å². The molecule has 0 radical (unpaired) electrons. The lowest BCUT2D eigenvalue weighted by molar-refractivity contribution is -0.139. The zero-order valence-corrected chi connectivity index (χ0v) is 25.7. The third-order valence-electron chi connectivity index (χ3n) is 6.54. The monoisotopic (exact) mass is 601 g/mol. The molecule has 0 aromatic heterocycles. The Balaban J connectivity index is 2.00. The summed E-state index contributed by atoms with van der Waals surface area (Å²) >= 11 is 7.91. The quantitative estimate of drug-likeness (QED) is 0.195. The van der Waals surface area contributed by atoms with Gasteiger partial charge in [-0.3, -0.25) is 13.9 Å². The highest BCUT2D eigenvalue weighted by atomic mass is 35.5. The van der Waals surface area contributed by atoms with Gasteiger partial charge in [0.2, 0.25) is 11.8 Å². The fraction of sp³-hybridized carbons (Fsp3) is 0.333. The number of aryl methyl sites for hydroxylation is 1. The van der Waals surface area contributed by atoms with Crippen LogP contribution in [0, 0.1) is 6.92 Å². The Hall–Kier alpha value is -3.01. The van der Waals surface area contributed by atoms with Gasteiger partial charge in [-0.2, -0.15) is 0 Å². The average Bonchev–Trinajstić information content (AvgIpc) is 2.95. The zero-order valence-electron chi connectivity index (χ0n) is 23.3. The lowest BCUT2D eigenvalue weighted by atomic mass is 10.1. The molecule has 3 aromatic rings. The molecule has 0 heterocycles. The first-order valence-electron chi connectivity index (χ1n) is 13.1. The van der Waals surface area contributed by atoms with E-state index in [0.29, 0.717) is 22.8 Å². The number of hydrogen-bond acceptors (Lipinski definition) is 5. The molecular formula is C30H36ClN3O4S2. The number of nitrogens with one attached hydrogen (secondary N) is 1. The van der Waals surface area contributed by atoms with Crippen molar-refractivity contribution in [2.45, 2.75) is 56.0 Å². The van der Waals surface area contributed by atoms with Crippen LogP contribution in [0.5, 0.6) is 0 Å². The number of thioether (sulfide) groups is 1. The second-order valence-electron chi connectivity index (χ2n) is 9.46. The van der Waals surface area contributed by atoms with E-state index >= 15 is 0 Å². The predicted octanol–water partition coefficient (Wildman–Crippen LogP) is 5.90. The maximum atomic E-state index is 14.0. The number of unbranched alkanes of at least 4 members (excludes halogenated alkanes) is 1. The maximum Gasteiger partial charge on any atom is 0.264 e. The molecule has 10 heteroatoms. The molecule has 0 fully saturated rings. The van der Waals surface area contributed by atoms with Crippen LogP contribution in [-0.2, 0) is 26.2 Å². The molecule has 0 spiro atoms. The number of halogens is 1. The van der Waals surface area contributed by atoms with Gasteiger partial charge in [0.15, 0.2) is 0 Å². The first-order chi connectivity index (χ1) is 19.1. The minimum Gasteiger partial charge on any atom is -0.354 e. The largest absolute Gasteiger partial charge is 0.354 e. The van der Waals surface area contributed by atoms with Gasteiger partial charge in [-0.05, 0) is 74.6 Å². The lowest BCUT2D eigenvalue weighted by Crippen LogP contribution is -2.51. The summed E-state index contributed by atoms with van der Waals surface area (Å²) in [6, 6.07) is 19.7. The molecule has 0 aliphatic heterocycles. The summed E-state index contributed by atoms with van der Waals surface area (Å²) in [4.78, 5) is 29.4. The number of carbonyl (C=O) groups excluding carboxylic acids is 2. The van der Waals surface area contributed by atoms with Crippen molar-refractivity contribution in [1.82, 2.24) is 10.2 Å². The maximum absolute atomic E-state index is 14.0. The van der Waals surface area contributed by atoms with Crippen molar-refractivity contribution in [1.29, 1.82) is 0 Å². The van der Waals surface area contributed by atoms with Crippen LogP contribution in [0.15, 0.2) is 82.6 Å². The molecule has 3 rings (SSSR count). The summed E-state index contributed by atoms with van der Waals surface area (Å²) in [6.07, 6.45) is 3.64. The highest BCUT2D eigenvalue weighted by Gasteiger charge is 2.32. The number of carbonyl (C=O) groups is 2. The number of benzene rings is 3. The first kappa shape index (κ1) is 31.5. The fourth-order valence-corrected chi connectivity index (χ4v) is 6.06. The third kappa shape index (κ3) is 8.02. The summed E-state index contributed by atoms with van der Waals surface area (Å²) in [7, 11) is -4.12. The van der Waals surface area contributed by atoms with Crippen LogP contribution >= 0.6 is 23.4 Å². The minimum absolute atomic E-state index is 0.0467. The number of sulfonamides is 1. The normalized spacial score (nSPS) is 12.0. The third-order valence-corrected chi connectivity index (χ3v) is 9.44. The van der Waals surface area contributed by atoms with Crippen LogP contribution in [0.25, 0.3) is 0 Å². The molecule has 0 aliphatic carbocycles. The van der Waals surface area contributed by atoms with Crippen LogP contribution in [0.1, 0.15) is 37.8 Å². The van der Waals surface area contributed by atoms with Gasteiger partial charge in [-0.1, -0.05) is 60.8 Å². The van der Waals surface area contributed by atoms with Crippen molar-refractivity contribution in [3.8, 4) is 0 Å². The van der Waals surface area contributed by atoms with E-state index in [0.717, 1.165) is 27.6 Å². The van der Waals surface area contributed by atoms with Crippen LogP contribution in [0.4, 0.5) is 5.69 Å². The molecule has 0 saturated heterocycles. The zero-order chi connectivity index (χ0) is 29.3. The molecule has 0 saturated carbocycles. The van der Waals surface area contributed by atoms with Crippen LogP contribution in [-0.4, -0.2) is 50.5 Å². The van der Waals surface area contributed by atoms with E-state index < -0.39 is 28.5 Å². The van der Waals surface area contributed by atoms with Crippen molar-refractivity contribution in [3.63, 3.8) is 0 Å². The van der Waals surface area contributed by atoms with Gasteiger partial charge < -0.3 is 10.2 Å². The van der Waals surface area contributed by atoms with Gasteiger partial charge in [-0.25, -0.2) is 8.42 Å². The molecule has 7 nitrogen and oxygen atoms in total. The van der Waals surface area contributed by atoms with Crippen molar-refractivity contribution in [2.24, 2.45) is 0 Å². The van der Waals surface area contributed by atoms with E-state index in [1.54, 1.807) is 67.6 Å².